The molecule has 3 fully saturated rings. The number of nitrogens with one attached hydrogen (secondary N) is 2. The molecule has 0 radical (unpaired) electrons. The minimum atomic E-state index is -0.447. The van der Waals surface area contributed by atoms with Crippen LogP contribution in [-0.2, 0) is 16.1 Å². The normalized spacial score (nSPS) is 17.8. The average molecular weight is 846 g/mol. The lowest BCUT2D eigenvalue weighted by molar-refractivity contribution is -0.131. The number of aromatic amines is 1. The van der Waals surface area contributed by atoms with Crippen LogP contribution >= 0.6 is 11.6 Å². The molecular formula is C46H49ClFN9O4. The number of hydrogen-bond donors (Lipinski definition) is 2. The third-order valence-corrected chi connectivity index (χ3v) is 13.4. The molecule has 3 aromatic carbocycles. The van der Waals surface area contributed by atoms with Crippen molar-refractivity contribution in [3.63, 3.8) is 0 Å². The zero-order valence-corrected chi connectivity index (χ0v) is 35.4. The number of aryl methyl sites for hydroxylation is 1. The van der Waals surface area contributed by atoms with Gasteiger partial charge in [0.15, 0.2) is 5.82 Å². The van der Waals surface area contributed by atoms with Crippen LogP contribution in [0.15, 0.2) is 73.1 Å². The van der Waals surface area contributed by atoms with E-state index in [0.717, 1.165) is 72.7 Å². The summed E-state index contributed by atoms with van der Waals surface area (Å²) in [5.41, 5.74) is 7.36. The third-order valence-electron chi connectivity index (χ3n) is 12.9. The fourth-order valence-electron chi connectivity index (χ4n) is 9.39. The number of H-pyrrole nitrogens is 1. The molecule has 61 heavy (non-hydrogen) atoms. The van der Waals surface area contributed by atoms with E-state index in [-0.39, 0.29) is 35.1 Å². The van der Waals surface area contributed by atoms with Crippen molar-refractivity contribution < 1.29 is 23.6 Å². The summed E-state index contributed by atoms with van der Waals surface area (Å²) in [4.78, 5) is 63.2. The predicted molar refractivity (Wildman–Crippen MR) is 236 cm³/mol. The molecule has 0 bridgehead atoms. The van der Waals surface area contributed by atoms with Gasteiger partial charge >= 0.3 is 6.03 Å². The van der Waals surface area contributed by atoms with Crippen LogP contribution in [0.5, 0.6) is 0 Å². The summed E-state index contributed by atoms with van der Waals surface area (Å²) in [6, 6.07) is 17.3. The smallest absolute Gasteiger partial charge is 0.328 e. The number of fused-ring (bicyclic) bond motifs is 1. The van der Waals surface area contributed by atoms with Crippen LogP contribution in [0, 0.1) is 18.2 Å². The number of benzene rings is 3. The molecule has 316 valence electrons. The first-order chi connectivity index (χ1) is 29.4. The van der Waals surface area contributed by atoms with Crippen LogP contribution in [0.2, 0.25) is 5.02 Å². The van der Waals surface area contributed by atoms with Crippen LogP contribution in [0.25, 0.3) is 27.6 Å². The molecular weight excluding hydrogens is 797 g/mol. The van der Waals surface area contributed by atoms with E-state index in [1.54, 1.807) is 35.9 Å². The van der Waals surface area contributed by atoms with Crippen molar-refractivity contribution in [2.24, 2.45) is 5.41 Å². The van der Waals surface area contributed by atoms with Crippen molar-refractivity contribution in [3.05, 3.63) is 101 Å². The van der Waals surface area contributed by atoms with E-state index in [1.807, 2.05) is 43.5 Å². The molecule has 15 heteroatoms. The number of aromatic nitrogens is 3. The topological polar surface area (TPSA) is 130 Å². The van der Waals surface area contributed by atoms with Gasteiger partial charge in [-0.25, -0.2) is 9.18 Å². The molecule has 0 unspecified atom stereocenters. The second-order valence-electron chi connectivity index (χ2n) is 17.0. The lowest BCUT2D eigenvalue weighted by Gasteiger charge is -2.55. The molecule has 2 N–H and O–H groups in total. The van der Waals surface area contributed by atoms with Crippen molar-refractivity contribution >= 4 is 68.9 Å². The van der Waals surface area contributed by atoms with E-state index in [2.05, 4.69) is 49.5 Å². The maximum absolute atomic E-state index is 16.6. The number of urea groups is 1. The van der Waals surface area contributed by atoms with Crippen molar-refractivity contribution in [1.82, 2.24) is 29.9 Å². The quantitative estimate of drug-likeness (QED) is 0.162. The standard InChI is InChI=1S/C46H49ClFN9O4/c1-29-37(11-12-38(41(29)47)57-21-13-39(58)51-45(57)61)55-27-46(28-55)15-22-53(23-16-46)32-9-7-30(8-10-32)33-24-34(42(48)43-35(33)25-36(50-43)44(60)52(2)3)31-6-4-18-54(26-31)40(59)14-20-56-19-5-17-49-56/h5-12,17,19,24-25,50H,4,13-16,18,20-23,26-28H2,1-3H3,(H,51,58,61). The summed E-state index contributed by atoms with van der Waals surface area (Å²) in [7, 11) is 3.34. The molecule has 1 spiro atoms. The fraction of sp³-hybridized carbons (Fsp3) is 0.370. The predicted octanol–water partition coefficient (Wildman–Crippen LogP) is 7.09. The maximum Gasteiger partial charge on any atom is 0.328 e. The van der Waals surface area contributed by atoms with Crippen molar-refractivity contribution in [2.45, 2.75) is 45.6 Å². The van der Waals surface area contributed by atoms with Gasteiger partial charge in [-0.15, -0.1) is 0 Å². The second-order valence-corrected chi connectivity index (χ2v) is 17.4. The van der Waals surface area contributed by atoms with E-state index < -0.39 is 11.8 Å². The Morgan fingerprint density at radius 1 is 0.951 bits per heavy atom. The first kappa shape index (κ1) is 40.3. The van der Waals surface area contributed by atoms with E-state index in [9.17, 15) is 19.2 Å². The Bertz CT molecular complexity index is 2570. The van der Waals surface area contributed by atoms with Gasteiger partial charge in [0, 0.05) is 119 Å². The maximum atomic E-state index is 16.6. The molecule has 3 saturated heterocycles. The highest BCUT2D eigenvalue weighted by atomic mass is 35.5. The number of amides is 5. The van der Waals surface area contributed by atoms with Gasteiger partial charge in [-0.05, 0) is 90.9 Å². The lowest BCUT2D eigenvalue weighted by atomic mass is 9.71. The minimum Gasteiger partial charge on any atom is -0.371 e. The molecule has 9 rings (SSSR count). The summed E-state index contributed by atoms with van der Waals surface area (Å²) >= 11 is 6.82. The molecule has 0 atom stereocenters. The van der Waals surface area contributed by atoms with E-state index in [0.29, 0.717) is 66.4 Å². The summed E-state index contributed by atoms with van der Waals surface area (Å²) in [6.07, 6.45) is 8.78. The third kappa shape index (κ3) is 7.62. The highest BCUT2D eigenvalue weighted by Gasteiger charge is 2.45. The van der Waals surface area contributed by atoms with Gasteiger partial charge in [-0.2, -0.15) is 5.10 Å². The Balaban J connectivity index is 0.899. The monoisotopic (exact) mass is 845 g/mol. The number of carbonyl (C=O) groups excluding carboxylic acids is 4. The summed E-state index contributed by atoms with van der Waals surface area (Å²) in [6.45, 7) is 7.31. The number of nitrogens with zero attached hydrogens (tertiary/aromatic N) is 7. The molecule has 4 aliphatic heterocycles. The molecule has 0 saturated carbocycles. The average Bonchev–Trinajstić information content (AvgIpc) is 3.95. The molecule has 0 aliphatic carbocycles. The number of halogens is 2. The van der Waals surface area contributed by atoms with E-state index in [4.69, 9.17) is 11.6 Å². The van der Waals surface area contributed by atoms with Crippen molar-refractivity contribution in [1.29, 1.82) is 0 Å². The summed E-state index contributed by atoms with van der Waals surface area (Å²) in [5.74, 6) is -0.975. The Hall–Kier alpha value is -6.15. The molecule has 13 nitrogen and oxygen atoms in total. The second kappa shape index (κ2) is 16.0. The van der Waals surface area contributed by atoms with Gasteiger partial charge in [0.1, 0.15) is 5.69 Å². The molecule has 6 heterocycles. The Morgan fingerprint density at radius 3 is 2.41 bits per heavy atom. The SMILES string of the molecule is Cc1c(N2CC3(CCN(c4ccc(-c5cc(C6=CCCN(C(=O)CCn7cccn7)C6)c(F)c6[nH]c(C(=O)N(C)C)cc56)cc4)CC3)C2)ccc(N2CCC(=O)NC2=O)c1Cl. The largest absolute Gasteiger partial charge is 0.371 e. The Labute approximate surface area is 358 Å². The van der Waals surface area contributed by atoms with E-state index >= 15 is 4.39 Å². The van der Waals surface area contributed by atoms with Crippen LogP contribution in [0.1, 0.15) is 53.7 Å². The minimum absolute atomic E-state index is 0.00717. The highest BCUT2D eigenvalue weighted by molar-refractivity contribution is 6.35. The Kier molecular flexibility index (Phi) is 10.6. The molecule has 5 aromatic rings. The summed E-state index contributed by atoms with van der Waals surface area (Å²) < 4.78 is 18.3. The first-order valence-electron chi connectivity index (χ1n) is 20.9. The van der Waals surface area contributed by atoms with Crippen molar-refractivity contribution in [3.8, 4) is 11.1 Å². The molecule has 5 amide bonds. The molecule has 4 aliphatic rings. The number of rotatable bonds is 9. The Morgan fingerprint density at radius 2 is 1.70 bits per heavy atom. The zero-order chi connectivity index (χ0) is 42.6. The number of piperidine rings is 1. The van der Waals surface area contributed by atoms with Crippen LogP contribution < -0.4 is 20.0 Å². The highest BCUT2D eigenvalue weighted by Crippen LogP contribution is 2.46. The van der Waals surface area contributed by atoms with E-state index in [1.165, 1.54) is 9.80 Å². The number of carbonyl (C=O) groups is 4. The van der Waals surface area contributed by atoms with Crippen LogP contribution in [0.4, 0.5) is 26.2 Å². The summed E-state index contributed by atoms with van der Waals surface area (Å²) in [5, 5.41) is 7.73. The first-order valence-corrected chi connectivity index (χ1v) is 21.3. The van der Waals surface area contributed by atoms with Crippen molar-refractivity contribution in [2.75, 3.05) is 74.6 Å². The number of imide groups is 1. The van der Waals surface area contributed by atoms with Gasteiger partial charge < -0.3 is 24.6 Å². The fourth-order valence-corrected chi connectivity index (χ4v) is 9.65. The zero-order valence-electron chi connectivity index (χ0n) is 34.6. The van der Waals surface area contributed by atoms with Crippen LogP contribution in [0.3, 0.4) is 0 Å². The van der Waals surface area contributed by atoms with Gasteiger partial charge in [-0.1, -0.05) is 29.8 Å². The van der Waals surface area contributed by atoms with Gasteiger partial charge in [0.05, 0.1) is 16.2 Å². The van der Waals surface area contributed by atoms with Gasteiger partial charge in [0.2, 0.25) is 11.8 Å². The van der Waals surface area contributed by atoms with Gasteiger partial charge in [0.25, 0.3) is 5.91 Å². The lowest BCUT2D eigenvalue weighted by Crippen LogP contribution is -2.60. The number of anilines is 3. The number of hydrogen-bond acceptors (Lipinski definition) is 7. The van der Waals surface area contributed by atoms with Crippen LogP contribution in [-0.4, -0.2) is 108 Å². The van der Waals surface area contributed by atoms with Gasteiger partial charge in [-0.3, -0.25) is 29.3 Å². The molecule has 2 aromatic heterocycles.